The van der Waals surface area contributed by atoms with Gasteiger partial charge in [-0.25, -0.2) is 17.9 Å². The molecule has 0 atom stereocenters. The molecule has 0 radical (unpaired) electrons. The average molecular weight is 445 g/mol. The van der Waals surface area contributed by atoms with Gasteiger partial charge < -0.3 is 14.5 Å². The second-order valence-corrected chi connectivity index (χ2v) is 9.79. The van der Waals surface area contributed by atoms with Gasteiger partial charge in [0.1, 0.15) is 16.2 Å². The molecule has 0 saturated heterocycles. The Morgan fingerprint density at radius 3 is 2.42 bits per heavy atom. The molecule has 31 heavy (non-hydrogen) atoms. The third-order valence-corrected chi connectivity index (χ3v) is 6.14. The van der Waals surface area contributed by atoms with Crippen LogP contribution in [0.5, 0.6) is 5.75 Å². The molecule has 0 unspecified atom stereocenters. The number of carbonyl (C=O) groups excluding carboxylic acids is 1. The van der Waals surface area contributed by atoms with E-state index in [4.69, 9.17) is 9.15 Å². The highest BCUT2D eigenvalue weighted by atomic mass is 32.2. The van der Waals surface area contributed by atoms with Crippen molar-refractivity contribution in [1.29, 1.82) is 0 Å². The van der Waals surface area contributed by atoms with Gasteiger partial charge in [-0.15, -0.1) is 0 Å². The fraction of sp³-hybridized carbons (Fsp3) is 0.273. The smallest absolute Gasteiger partial charge is 0.336 e. The molecular formula is C22H24N2O6S. The summed E-state index contributed by atoms with van der Waals surface area (Å²) in [5, 5.41) is 3.45. The molecule has 1 amide bonds. The van der Waals surface area contributed by atoms with Crippen molar-refractivity contribution in [3.05, 3.63) is 64.0 Å². The molecule has 3 rings (SSSR count). The van der Waals surface area contributed by atoms with Gasteiger partial charge in [0.25, 0.3) is 5.91 Å². The molecule has 0 aliphatic heterocycles. The quantitative estimate of drug-likeness (QED) is 0.583. The van der Waals surface area contributed by atoms with Crippen molar-refractivity contribution >= 4 is 32.6 Å². The normalized spacial score (nSPS) is 12.0. The van der Waals surface area contributed by atoms with Crippen LogP contribution in [0.3, 0.4) is 0 Å². The number of benzene rings is 2. The first-order chi connectivity index (χ1) is 14.4. The molecule has 2 aromatic carbocycles. The molecule has 0 bridgehead atoms. The van der Waals surface area contributed by atoms with E-state index in [1.807, 2.05) is 0 Å². The maximum Gasteiger partial charge on any atom is 0.336 e. The fourth-order valence-electron chi connectivity index (χ4n) is 3.09. The zero-order valence-corrected chi connectivity index (χ0v) is 18.7. The van der Waals surface area contributed by atoms with E-state index in [9.17, 15) is 18.0 Å². The number of hydrogen-bond donors (Lipinski definition) is 2. The number of amides is 1. The van der Waals surface area contributed by atoms with Crippen LogP contribution in [-0.4, -0.2) is 27.0 Å². The molecule has 1 heterocycles. The number of fused-ring (bicyclic) bond motifs is 1. The van der Waals surface area contributed by atoms with Crippen molar-refractivity contribution in [2.75, 3.05) is 12.4 Å². The highest BCUT2D eigenvalue weighted by Gasteiger charge is 2.26. The van der Waals surface area contributed by atoms with Crippen LogP contribution in [0, 0.1) is 6.92 Å². The first-order valence-electron chi connectivity index (χ1n) is 9.47. The summed E-state index contributed by atoms with van der Waals surface area (Å²) in [5.41, 5.74) is 0.440. The number of carbonyl (C=O) groups is 1. The van der Waals surface area contributed by atoms with Crippen LogP contribution in [0.4, 0.5) is 5.69 Å². The van der Waals surface area contributed by atoms with E-state index in [-0.39, 0.29) is 16.2 Å². The Morgan fingerprint density at radius 2 is 1.77 bits per heavy atom. The van der Waals surface area contributed by atoms with Crippen LogP contribution >= 0.6 is 0 Å². The number of anilines is 1. The van der Waals surface area contributed by atoms with Crippen molar-refractivity contribution in [2.45, 2.75) is 38.1 Å². The molecular weight excluding hydrogens is 420 g/mol. The number of rotatable bonds is 5. The molecule has 0 saturated carbocycles. The van der Waals surface area contributed by atoms with Gasteiger partial charge in [-0.05, 0) is 63.6 Å². The highest BCUT2D eigenvalue weighted by molar-refractivity contribution is 7.89. The Labute approximate surface area is 180 Å². The van der Waals surface area contributed by atoms with E-state index in [0.29, 0.717) is 11.3 Å². The SMILES string of the molecule is COc1ccc(C(=O)Nc2ccc3c(C)cc(=O)oc3c2)cc1S(=O)(=O)NC(C)(C)C. The van der Waals surface area contributed by atoms with Gasteiger partial charge in [-0.3, -0.25) is 4.79 Å². The maximum atomic E-state index is 12.8. The number of sulfonamides is 1. The number of nitrogens with one attached hydrogen (secondary N) is 2. The van der Waals surface area contributed by atoms with E-state index < -0.39 is 27.1 Å². The molecule has 8 nitrogen and oxygen atoms in total. The third kappa shape index (κ3) is 5.12. The zero-order chi connectivity index (χ0) is 23.0. The summed E-state index contributed by atoms with van der Waals surface area (Å²) in [6.45, 7) is 6.94. The van der Waals surface area contributed by atoms with E-state index in [2.05, 4.69) is 10.0 Å². The predicted molar refractivity (Wildman–Crippen MR) is 118 cm³/mol. The number of hydrogen-bond acceptors (Lipinski definition) is 6. The molecule has 0 aliphatic carbocycles. The Bertz CT molecular complexity index is 1320. The van der Waals surface area contributed by atoms with Gasteiger partial charge in [-0.1, -0.05) is 0 Å². The lowest BCUT2D eigenvalue weighted by atomic mass is 10.1. The van der Waals surface area contributed by atoms with Crippen LogP contribution in [0.2, 0.25) is 0 Å². The molecule has 0 fully saturated rings. The standard InChI is InChI=1S/C22H24N2O6S/c1-13-10-20(25)30-18-12-15(7-8-16(13)18)23-21(26)14-6-9-17(29-5)19(11-14)31(27,28)24-22(2,3)4/h6-12,24H,1-5H3,(H,23,26). The summed E-state index contributed by atoms with van der Waals surface area (Å²) in [5.74, 6) is -0.402. The third-order valence-electron chi connectivity index (χ3n) is 4.37. The first-order valence-corrected chi connectivity index (χ1v) is 11.0. The summed E-state index contributed by atoms with van der Waals surface area (Å²) in [4.78, 5) is 24.3. The molecule has 164 valence electrons. The Kier molecular flexibility index (Phi) is 5.93. The van der Waals surface area contributed by atoms with E-state index in [1.165, 1.54) is 31.4 Å². The fourth-order valence-corrected chi connectivity index (χ4v) is 4.71. The van der Waals surface area contributed by atoms with Crippen molar-refractivity contribution < 1.29 is 22.4 Å². The second-order valence-electron chi connectivity index (χ2n) is 8.13. The minimum absolute atomic E-state index is 0.122. The summed E-state index contributed by atoms with van der Waals surface area (Å²) in [6.07, 6.45) is 0. The summed E-state index contributed by atoms with van der Waals surface area (Å²) >= 11 is 0. The Hall–Kier alpha value is -3.17. The van der Waals surface area contributed by atoms with Crippen molar-refractivity contribution in [1.82, 2.24) is 4.72 Å². The molecule has 0 aliphatic rings. The minimum Gasteiger partial charge on any atom is -0.495 e. The lowest BCUT2D eigenvalue weighted by molar-refractivity contribution is 0.102. The maximum absolute atomic E-state index is 12.8. The highest BCUT2D eigenvalue weighted by Crippen LogP contribution is 2.27. The van der Waals surface area contributed by atoms with Crippen LogP contribution in [0.15, 0.2) is 56.6 Å². The van der Waals surface area contributed by atoms with Crippen molar-refractivity contribution in [3.63, 3.8) is 0 Å². The second kappa shape index (κ2) is 8.16. The molecule has 3 aromatic rings. The Morgan fingerprint density at radius 1 is 1.06 bits per heavy atom. The van der Waals surface area contributed by atoms with Gasteiger partial charge in [-0.2, -0.15) is 0 Å². The molecule has 9 heteroatoms. The van der Waals surface area contributed by atoms with Crippen LogP contribution in [0.1, 0.15) is 36.7 Å². The van der Waals surface area contributed by atoms with Gasteiger partial charge in [0, 0.05) is 34.3 Å². The van der Waals surface area contributed by atoms with Crippen LogP contribution in [0.25, 0.3) is 11.0 Å². The molecule has 1 aromatic heterocycles. The lowest BCUT2D eigenvalue weighted by Crippen LogP contribution is -2.40. The summed E-state index contributed by atoms with van der Waals surface area (Å²) in [7, 11) is -2.58. The minimum atomic E-state index is -3.93. The van der Waals surface area contributed by atoms with Crippen molar-refractivity contribution in [3.8, 4) is 5.75 Å². The van der Waals surface area contributed by atoms with Gasteiger partial charge in [0.2, 0.25) is 10.0 Å². The zero-order valence-electron chi connectivity index (χ0n) is 17.9. The predicted octanol–water partition coefficient (Wildman–Crippen LogP) is 3.44. The number of methoxy groups -OCH3 is 1. The largest absolute Gasteiger partial charge is 0.495 e. The monoisotopic (exact) mass is 444 g/mol. The first kappa shape index (κ1) is 22.5. The lowest BCUT2D eigenvalue weighted by Gasteiger charge is -2.21. The van der Waals surface area contributed by atoms with Crippen molar-refractivity contribution in [2.24, 2.45) is 0 Å². The summed E-state index contributed by atoms with van der Waals surface area (Å²) < 4.78 is 38.5. The van der Waals surface area contributed by atoms with Crippen LogP contribution in [-0.2, 0) is 10.0 Å². The molecule has 0 spiro atoms. The van der Waals surface area contributed by atoms with Gasteiger partial charge in [0.05, 0.1) is 7.11 Å². The average Bonchev–Trinajstić information content (AvgIpc) is 2.65. The topological polar surface area (TPSA) is 115 Å². The van der Waals surface area contributed by atoms with E-state index in [0.717, 1.165) is 10.9 Å². The van der Waals surface area contributed by atoms with Gasteiger partial charge >= 0.3 is 5.63 Å². The number of ether oxygens (including phenoxy) is 1. The van der Waals surface area contributed by atoms with Gasteiger partial charge in [0.15, 0.2) is 0 Å². The van der Waals surface area contributed by atoms with Crippen LogP contribution < -0.4 is 20.4 Å². The Balaban J connectivity index is 1.95. The summed E-state index contributed by atoms with van der Waals surface area (Å²) in [6, 6.07) is 10.5. The van der Waals surface area contributed by atoms with E-state index >= 15 is 0 Å². The number of aryl methyl sites for hydroxylation is 1. The van der Waals surface area contributed by atoms with E-state index in [1.54, 1.807) is 45.9 Å². The molecule has 2 N–H and O–H groups in total.